The average Bonchev–Trinajstić information content (AvgIpc) is 2.74. The third-order valence-corrected chi connectivity index (χ3v) is 3.95. The van der Waals surface area contributed by atoms with Gasteiger partial charge in [-0.2, -0.15) is 0 Å². The summed E-state index contributed by atoms with van der Waals surface area (Å²) in [5.41, 5.74) is 3.42. The Balaban J connectivity index is 2.16. The number of nitrogens with zero attached hydrogens (tertiary/aromatic N) is 1. The van der Waals surface area contributed by atoms with Crippen LogP contribution in [0.15, 0.2) is 41.4 Å². The Labute approximate surface area is 126 Å². The van der Waals surface area contributed by atoms with Gasteiger partial charge in [0, 0.05) is 5.56 Å². The fourth-order valence-electron chi connectivity index (χ4n) is 2.14. The molecule has 0 radical (unpaired) electrons. The Morgan fingerprint density at radius 1 is 1.10 bits per heavy atom. The summed E-state index contributed by atoms with van der Waals surface area (Å²) in [7, 11) is 0. The minimum atomic E-state index is -0.231. The highest BCUT2D eigenvalue weighted by atomic mass is 35.5. The van der Waals surface area contributed by atoms with Gasteiger partial charge in [-0.3, -0.25) is 4.79 Å². The number of para-hydroxylation sites is 1. The molecule has 0 aromatic heterocycles. The van der Waals surface area contributed by atoms with Crippen molar-refractivity contribution in [3.63, 3.8) is 0 Å². The second-order valence-corrected chi connectivity index (χ2v) is 5.27. The Hall–Kier alpha value is -1.84. The van der Waals surface area contributed by atoms with Crippen molar-refractivity contribution in [3.05, 3.63) is 57.6 Å². The van der Waals surface area contributed by atoms with Crippen LogP contribution in [-0.4, -0.2) is 11.6 Å². The number of rotatable bonds is 1. The molecule has 1 N–H and O–H groups in total. The highest BCUT2D eigenvalue weighted by molar-refractivity contribution is 6.54. The van der Waals surface area contributed by atoms with Crippen molar-refractivity contribution >= 4 is 46.2 Å². The van der Waals surface area contributed by atoms with E-state index in [1.54, 1.807) is 18.2 Å². The summed E-state index contributed by atoms with van der Waals surface area (Å²) in [6.45, 7) is 1.94. The van der Waals surface area contributed by atoms with Gasteiger partial charge in [0.2, 0.25) is 0 Å². The van der Waals surface area contributed by atoms with Crippen LogP contribution in [0.25, 0.3) is 0 Å². The summed E-state index contributed by atoms with van der Waals surface area (Å²) >= 11 is 12.1. The van der Waals surface area contributed by atoms with Crippen LogP contribution < -0.4 is 5.32 Å². The van der Waals surface area contributed by atoms with Crippen LogP contribution >= 0.6 is 23.2 Å². The van der Waals surface area contributed by atoms with Gasteiger partial charge in [0.1, 0.15) is 5.71 Å². The number of amides is 1. The number of anilines is 1. The second-order valence-electron chi connectivity index (χ2n) is 4.48. The molecule has 20 heavy (non-hydrogen) atoms. The first-order chi connectivity index (χ1) is 9.58. The van der Waals surface area contributed by atoms with Gasteiger partial charge in [0.05, 0.1) is 21.4 Å². The smallest absolute Gasteiger partial charge is 0.275 e. The Morgan fingerprint density at radius 2 is 1.85 bits per heavy atom. The lowest BCUT2D eigenvalue weighted by atomic mass is 10.1. The van der Waals surface area contributed by atoms with Crippen LogP contribution in [-0.2, 0) is 4.79 Å². The van der Waals surface area contributed by atoms with E-state index in [2.05, 4.69) is 10.3 Å². The lowest BCUT2D eigenvalue weighted by Gasteiger charge is -2.02. The van der Waals surface area contributed by atoms with E-state index in [1.165, 1.54) is 0 Å². The highest BCUT2D eigenvalue weighted by Crippen LogP contribution is 2.34. The molecule has 0 fully saturated rings. The number of carbonyl (C=O) groups excluding carboxylic acids is 1. The van der Waals surface area contributed by atoms with E-state index in [0.717, 1.165) is 16.8 Å². The predicted octanol–water partition coefficient (Wildman–Crippen LogP) is 4.37. The molecule has 2 aromatic carbocycles. The molecule has 0 saturated carbocycles. The number of halogens is 2. The highest BCUT2D eigenvalue weighted by Gasteiger charge is 2.27. The molecule has 0 aliphatic carbocycles. The van der Waals surface area contributed by atoms with E-state index in [-0.39, 0.29) is 5.91 Å². The number of aryl methyl sites for hydroxylation is 1. The summed E-state index contributed by atoms with van der Waals surface area (Å²) in [6.07, 6.45) is 0. The summed E-state index contributed by atoms with van der Waals surface area (Å²) in [6, 6.07) is 10.8. The first-order valence-corrected chi connectivity index (χ1v) is 6.77. The first kappa shape index (κ1) is 13.2. The molecule has 100 valence electrons. The SMILES string of the molecule is Cc1cccc2c1NC(=O)C2=Nc1cccc(Cl)c1Cl. The molecule has 1 aliphatic heterocycles. The number of fused-ring (bicyclic) bond motifs is 1. The number of aliphatic imine (C=N–C) groups is 1. The third-order valence-electron chi connectivity index (χ3n) is 3.14. The van der Waals surface area contributed by atoms with Crippen LogP contribution in [0.4, 0.5) is 11.4 Å². The Bertz CT molecular complexity index is 754. The zero-order chi connectivity index (χ0) is 14.3. The van der Waals surface area contributed by atoms with Gasteiger partial charge in [0.25, 0.3) is 5.91 Å². The van der Waals surface area contributed by atoms with Gasteiger partial charge in [0.15, 0.2) is 0 Å². The number of benzene rings is 2. The van der Waals surface area contributed by atoms with E-state index >= 15 is 0 Å². The maximum absolute atomic E-state index is 12.1. The van der Waals surface area contributed by atoms with Crippen LogP contribution in [0.3, 0.4) is 0 Å². The molecule has 0 spiro atoms. The van der Waals surface area contributed by atoms with E-state index < -0.39 is 0 Å². The van der Waals surface area contributed by atoms with Gasteiger partial charge in [-0.1, -0.05) is 47.5 Å². The van der Waals surface area contributed by atoms with E-state index in [1.807, 2.05) is 25.1 Å². The molecular formula is C15H10Cl2N2O. The molecule has 3 rings (SSSR count). The van der Waals surface area contributed by atoms with Crippen molar-refractivity contribution in [3.8, 4) is 0 Å². The normalized spacial score (nSPS) is 15.3. The molecule has 0 atom stereocenters. The Morgan fingerprint density at radius 3 is 2.65 bits per heavy atom. The molecule has 1 heterocycles. The summed E-state index contributed by atoms with van der Waals surface area (Å²) in [4.78, 5) is 16.4. The van der Waals surface area contributed by atoms with Crippen LogP contribution in [0.1, 0.15) is 11.1 Å². The summed E-state index contributed by atoms with van der Waals surface area (Å²) in [5, 5.41) is 3.58. The lowest BCUT2D eigenvalue weighted by molar-refractivity contribution is -0.110. The molecule has 2 aromatic rings. The molecule has 5 heteroatoms. The molecule has 0 unspecified atom stereocenters. The van der Waals surface area contributed by atoms with Crippen LogP contribution in [0, 0.1) is 6.92 Å². The van der Waals surface area contributed by atoms with Crippen molar-refractivity contribution in [2.24, 2.45) is 4.99 Å². The van der Waals surface area contributed by atoms with Crippen LogP contribution in [0.2, 0.25) is 10.0 Å². The van der Waals surface area contributed by atoms with Crippen molar-refractivity contribution in [1.29, 1.82) is 0 Å². The topological polar surface area (TPSA) is 41.5 Å². The maximum Gasteiger partial charge on any atom is 0.275 e. The molecular weight excluding hydrogens is 295 g/mol. The minimum Gasteiger partial charge on any atom is -0.320 e. The Kier molecular flexibility index (Phi) is 3.24. The number of nitrogens with one attached hydrogen (secondary N) is 1. The molecule has 0 saturated heterocycles. The molecule has 3 nitrogen and oxygen atoms in total. The number of carbonyl (C=O) groups is 1. The fraction of sp³-hybridized carbons (Fsp3) is 0.0667. The average molecular weight is 305 g/mol. The quantitative estimate of drug-likeness (QED) is 0.835. The van der Waals surface area contributed by atoms with E-state index in [4.69, 9.17) is 23.2 Å². The lowest BCUT2D eigenvalue weighted by Crippen LogP contribution is -2.14. The number of hydrogen-bond donors (Lipinski definition) is 1. The zero-order valence-electron chi connectivity index (χ0n) is 10.6. The van der Waals surface area contributed by atoms with Gasteiger partial charge >= 0.3 is 0 Å². The van der Waals surface area contributed by atoms with Crippen molar-refractivity contribution < 1.29 is 4.79 Å². The number of hydrogen-bond acceptors (Lipinski definition) is 2. The standard InChI is InChI=1S/C15H10Cl2N2O/c1-8-4-2-5-9-13(8)19-15(20)14(9)18-11-7-3-6-10(16)12(11)17/h2-7H,1H3,(H,18,19,20). The van der Waals surface area contributed by atoms with Crippen LogP contribution in [0.5, 0.6) is 0 Å². The van der Waals surface area contributed by atoms with Gasteiger partial charge in [-0.05, 0) is 24.6 Å². The van der Waals surface area contributed by atoms with E-state index in [0.29, 0.717) is 21.4 Å². The third kappa shape index (κ3) is 2.09. The molecule has 1 amide bonds. The monoisotopic (exact) mass is 304 g/mol. The van der Waals surface area contributed by atoms with Crippen molar-refractivity contribution in [2.45, 2.75) is 6.92 Å². The minimum absolute atomic E-state index is 0.231. The van der Waals surface area contributed by atoms with E-state index in [9.17, 15) is 4.79 Å². The fourth-order valence-corrected chi connectivity index (χ4v) is 2.47. The van der Waals surface area contributed by atoms with Gasteiger partial charge in [-0.25, -0.2) is 4.99 Å². The van der Waals surface area contributed by atoms with Crippen molar-refractivity contribution in [2.75, 3.05) is 5.32 Å². The first-order valence-electron chi connectivity index (χ1n) is 6.02. The predicted molar refractivity (Wildman–Crippen MR) is 82.5 cm³/mol. The largest absolute Gasteiger partial charge is 0.320 e. The second kappa shape index (κ2) is 4.93. The summed E-state index contributed by atoms with van der Waals surface area (Å²) < 4.78 is 0. The zero-order valence-corrected chi connectivity index (χ0v) is 12.1. The summed E-state index contributed by atoms with van der Waals surface area (Å²) in [5.74, 6) is -0.231. The molecule has 0 bridgehead atoms. The van der Waals surface area contributed by atoms with Gasteiger partial charge in [-0.15, -0.1) is 0 Å². The maximum atomic E-state index is 12.1. The van der Waals surface area contributed by atoms with Gasteiger partial charge < -0.3 is 5.32 Å². The molecule has 1 aliphatic rings. The van der Waals surface area contributed by atoms with Crippen molar-refractivity contribution in [1.82, 2.24) is 0 Å².